The van der Waals surface area contributed by atoms with Gasteiger partial charge in [0.25, 0.3) is 0 Å². The monoisotopic (exact) mass is 1210 g/mol. The van der Waals surface area contributed by atoms with Gasteiger partial charge in [-0.3, -0.25) is 23.9 Å². The van der Waals surface area contributed by atoms with Crippen LogP contribution in [0.5, 0.6) is 0 Å². The maximum absolute atomic E-state index is 12.3. The fourth-order valence-electron chi connectivity index (χ4n) is 10.3. The van der Waals surface area contributed by atoms with E-state index in [0.717, 1.165) is 129 Å². The molecule has 3 radical (unpaired) electrons. The van der Waals surface area contributed by atoms with Crippen molar-refractivity contribution in [3.05, 3.63) is 33.9 Å². The Morgan fingerprint density at radius 2 is 1.08 bits per heavy atom. The van der Waals surface area contributed by atoms with Crippen molar-refractivity contribution >= 4 is 44.4 Å². The zero-order valence-corrected chi connectivity index (χ0v) is 57.2. The van der Waals surface area contributed by atoms with Gasteiger partial charge in [0, 0.05) is 91.9 Å². The van der Waals surface area contributed by atoms with Crippen molar-refractivity contribution in [2.24, 2.45) is 10.8 Å². The van der Waals surface area contributed by atoms with Gasteiger partial charge in [0.2, 0.25) is 5.97 Å². The molecule has 0 saturated heterocycles. The summed E-state index contributed by atoms with van der Waals surface area (Å²) in [7, 11) is 11.8. The van der Waals surface area contributed by atoms with Crippen LogP contribution in [-0.4, -0.2) is 184 Å². The number of ether oxygens (including phenoxy) is 6. The smallest absolute Gasteiger partial charge is 0.793 e. The predicted molar refractivity (Wildman–Crippen MR) is 319 cm³/mol. The van der Waals surface area contributed by atoms with Gasteiger partial charge in [0.1, 0.15) is 16.9 Å². The molecule has 479 valence electrons. The van der Waals surface area contributed by atoms with Gasteiger partial charge in [0.15, 0.2) is 6.29 Å². The number of hydrogen-bond donors (Lipinski definition) is 1. The van der Waals surface area contributed by atoms with Crippen molar-refractivity contribution in [3.8, 4) is 0 Å². The molecule has 0 spiro atoms. The average molecular weight is 1210 g/mol. The van der Waals surface area contributed by atoms with Gasteiger partial charge in [0.05, 0.1) is 69.8 Å². The van der Waals surface area contributed by atoms with E-state index < -0.39 is 29.1 Å². The molecule has 2 aliphatic heterocycles. The third-order valence-corrected chi connectivity index (χ3v) is 15.2. The van der Waals surface area contributed by atoms with Crippen LogP contribution in [0.1, 0.15) is 205 Å². The molecule has 0 aromatic carbocycles. The molecule has 6 rings (SSSR count). The Labute approximate surface area is 531 Å². The number of aromatic nitrogens is 4. The van der Waals surface area contributed by atoms with Crippen LogP contribution in [0.3, 0.4) is 0 Å². The van der Waals surface area contributed by atoms with Gasteiger partial charge in [-0.1, -0.05) is 13.8 Å². The summed E-state index contributed by atoms with van der Waals surface area (Å²) in [5.41, 5.74) is 6.50. The first-order valence-corrected chi connectivity index (χ1v) is 29.9. The molecular weight excluding hydrogens is 1110 g/mol. The minimum absolute atomic E-state index is 0. The van der Waals surface area contributed by atoms with E-state index in [1.807, 2.05) is 53.3 Å². The van der Waals surface area contributed by atoms with Crippen molar-refractivity contribution < 1.29 is 101 Å². The van der Waals surface area contributed by atoms with E-state index in [9.17, 15) is 28.8 Å². The van der Waals surface area contributed by atoms with E-state index in [1.165, 1.54) is 56.0 Å². The number of likely N-dealkylation sites (N-methyl/N-ethyl adjacent to an activating group) is 4. The van der Waals surface area contributed by atoms with E-state index in [0.29, 0.717) is 61.3 Å². The second-order valence-corrected chi connectivity index (χ2v) is 24.2. The minimum Gasteiger partial charge on any atom is -0.793 e. The first-order valence-electron chi connectivity index (χ1n) is 29.9. The Balaban J connectivity index is 0.000000617. The standard InChI is InChI=1S/C27H48N4O4.C18H28N2O3.C9H20N2O2.C4H6O4.C2H3BO2.Na/c1-8-27(20-33-9-2)12-10-21(11-13-27)24-22(28-31-16-17-34-19-23(24)31)18-29(6)14-15-30(7)25(32)35-26(3,4)5;1-3-18(13-22-4-2)7-5-14(6-8-18)17-15(11-21)19-20-9-10-23-12-16(17)20;1-9(2,3)13-8(12)11(5)7-6-10-4;1-3(5)7-8-4(2)6;1-2(4)5-3;/h21H,8-20H2,1-7H3;11,14H,3-10,12-13H2,1-2H3;10H,6-7H2,1-5H3;1-2H3;1H3;/q;;;;-1;+1. The van der Waals surface area contributed by atoms with E-state index in [4.69, 9.17) is 33.5 Å². The third-order valence-electron chi connectivity index (χ3n) is 15.2. The summed E-state index contributed by atoms with van der Waals surface area (Å²) < 4.78 is 41.5. The fourth-order valence-corrected chi connectivity index (χ4v) is 10.3. The number of rotatable bonds is 19. The topological polar surface area (TPSA) is 243 Å². The Bertz CT molecular complexity index is 2290. The van der Waals surface area contributed by atoms with Crippen molar-refractivity contribution in [3.63, 3.8) is 0 Å². The van der Waals surface area contributed by atoms with Crippen LogP contribution in [0, 0.1) is 10.8 Å². The molecule has 0 bridgehead atoms. The molecule has 2 saturated carbocycles. The van der Waals surface area contributed by atoms with Crippen molar-refractivity contribution in [1.29, 1.82) is 0 Å². The normalized spacial score (nSPS) is 19.7. The van der Waals surface area contributed by atoms with Gasteiger partial charge >= 0.3 is 53.7 Å². The molecule has 2 fully saturated rings. The second-order valence-electron chi connectivity index (χ2n) is 24.2. The SMILES string of the molecule is CC(=O)OOC(C)=O.CCOCC1(CC)CCC(c2c(C=O)nn3c2COCC3)CC1.CCOCC1(CC)CCC(c2c(CN(C)CCN(C)C(=O)OC(C)(C)C)nn3c2COCC3)CC1.CNCCN(C)C(=O)OC(C)(C)C.[B-]OC(C)=O.[Na+]. The maximum Gasteiger partial charge on any atom is 1.00 e. The van der Waals surface area contributed by atoms with Gasteiger partial charge < -0.3 is 56.2 Å². The number of hydrogen-bond acceptors (Lipinski definition) is 19. The van der Waals surface area contributed by atoms with E-state index >= 15 is 0 Å². The van der Waals surface area contributed by atoms with Crippen LogP contribution in [0.4, 0.5) is 9.59 Å². The summed E-state index contributed by atoms with van der Waals surface area (Å²) in [5.74, 6) is -0.790. The molecule has 0 atom stereocenters. The van der Waals surface area contributed by atoms with Crippen LogP contribution < -0.4 is 34.9 Å². The first-order chi connectivity index (χ1) is 39.6. The number of carbonyl (C=O) groups is 6. The molecular formula is C60H105BN8NaO15. The summed E-state index contributed by atoms with van der Waals surface area (Å²) >= 11 is 0. The summed E-state index contributed by atoms with van der Waals surface area (Å²) in [4.78, 5) is 77.4. The van der Waals surface area contributed by atoms with Crippen LogP contribution in [0.15, 0.2) is 0 Å². The minimum atomic E-state index is -0.639. The number of amides is 2. The molecule has 23 nitrogen and oxygen atoms in total. The Hall–Kier alpha value is -4.14. The predicted octanol–water partition coefficient (Wildman–Crippen LogP) is 5.86. The molecule has 4 aliphatic rings. The molecule has 4 heterocycles. The van der Waals surface area contributed by atoms with Gasteiger partial charge in [-0.05, 0) is 156 Å². The van der Waals surface area contributed by atoms with Gasteiger partial charge in [-0.25, -0.2) is 29.0 Å². The molecule has 85 heavy (non-hydrogen) atoms. The molecule has 2 aliphatic carbocycles. The Morgan fingerprint density at radius 3 is 1.46 bits per heavy atom. The zero-order valence-electron chi connectivity index (χ0n) is 55.2. The number of nitrogens with one attached hydrogen (secondary N) is 1. The summed E-state index contributed by atoms with van der Waals surface area (Å²) in [5, 5.41) is 12.5. The molecule has 2 amide bonds. The van der Waals surface area contributed by atoms with E-state index in [1.54, 1.807) is 23.9 Å². The van der Waals surface area contributed by atoms with Gasteiger partial charge in [-0.15, -0.1) is 0 Å². The van der Waals surface area contributed by atoms with Gasteiger partial charge in [-0.2, -0.15) is 10.2 Å². The maximum atomic E-state index is 12.3. The largest absolute Gasteiger partial charge is 1.00 e. The molecule has 25 heteroatoms. The van der Waals surface area contributed by atoms with Crippen molar-refractivity contribution in [1.82, 2.24) is 39.6 Å². The van der Waals surface area contributed by atoms with E-state index in [2.05, 4.69) is 77.2 Å². The summed E-state index contributed by atoms with van der Waals surface area (Å²) in [6.45, 7) is 34.6. The number of nitrogens with zero attached hydrogens (tertiary/aromatic N) is 7. The quantitative estimate of drug-likeness (QED) is 0.0750. The van der Waals surface area contributed by atoms with Crippen LogP contribution >= 0.6 is 0 Å². The zero-order chi connectivity index (χ0) is 63.3. The summed E-state index contributed by atoms with van der Waals surface area (Å²) in [6, 6.07) is 0. The fraction of sp³-hybridized carbons (Fsp3) is 0.800. The van der Waals surface area contributed by atoms with Crippen molar-refractivity contribution in [2.75, 3.05) is 94.0 Å². The Kier molecular flexibility index (Phi) is 36.8. The average Bonchev–Trinajstić information content (AvgIpc) is 2.13. The number of aldehydes is 1. The van der Waals surface area contributed by atoms with Crippen molar-refractivity contribution in [2.45, 2.75) is 210 Å². The molecule has 0 unspecified atom stereocenters. The Morgan fingerprint density at radius 1 is 0.671 bits per heavy atom. The molecule has 1 N–H and O–H groups in total. The van der Waals surface area contributed by atoms with E-state index in [-0.39, 0.29) is 41.7 Å². The number of carbonyl (C=O) groups excluding carboxylic acids is 6. The molecule has 2 aromatic heterocycles. The van der Waals surface area contributed by atoms with Crippen LogP contribution in [-0.2, 0) is 90.1 Å². The number of fused-ring (bicyclic) bond motifs is 2. The second kappa shape index (κ2) is 39.7. The first kappa shape index (κ1) is 78.9. The van der Waals surface area contributed by atoms with Crippen LogP contribution in [0.2, 0.25) is 0 Å². The summed E-state index contributed by atoms with van der Waals surface area (Å²) in [6.07, 6.45) is 12.0. The molecule has 2 aromatic rings. The van der Waals surface area contributed by atoms with Crippen LogP contribution in [0.25, 0.3) is 0 Å². The third kappa shape index (κ3) is 28.7.